The highest BCUT2D eigenvalue weighted by Crippen LogP contribution is 2.23. The summed E-state index contributed by atoms with van der Waals surface area (Å²) in [4.78, 5) is 12.8. The summed E-state index contributed by atoms with van der Waals surface area (Å²) >= 11 is 5.85. The van der Waals surface area contributed by atoms with Crippen molar-refractivity contribution >= 4 is 46.7 Å². The van der Waals surface area contributed by atoms with Gasteiger partial charge >= 0.3 is 0 Å². The first kappa shape index (κ1) is 14.3. The number of anilines is 2. The van der Waals surface area contributed by atoms with E-state index in [1.54, 1.807) is 24.4 Å². The average molecular weight is 308 g/mol. The highest BCUT2D eigenvalue weighted by molar-refractivity contribution is 6.30. The zero-order valence-electron chi connectivity index (χ0n) is 10.2. The lowest BCUT2D eigenvalue weighted by atomic mass is 10.1. The summed E-state index contributed by atoms with van der Waals surface area (Å²) in [6.45, 7) is 0. The molecule has 0 saturated heterocycles. The number of rotatable bonds is 1. The molecule has 102 valence electrons. The topological polar surface area (TPSA) is 90.7 Å². The number of halogens is 2. The van der Waals surface area contributed by atoms with Gasteiger partial charge in [0.05, 0.1) is 17.6 Å². The maximum atomic E-state index is 5.85. The molecule has 0 aliphatic rings. The maximum Gasteiger partial charge on any atom is 0.182 e. The van der Waals surface area contributed by atoms with Crippen LogP contribution < -0.4 is 11.5 Å². The number of nitrogens with two attached hydrogens (primary N) is 2. The Hall–Kier alpha value is -2.11. The van der Waals surface area contributed by atoms with Gasteiger partial charge in [0.1, 0.15) is 11.3 Å². The van der Waals surface area contributed by atoms with Crippen LogP contribution in [-0.2, 0) is 0 Å². The third-order valence-electron chi connectivity index (χ3n) is 2.71. The first-order valence-corrected chi connectivity index (χ1v) is 5.96. The molecule has 0 bridgehead atoms. The van der Waals surface area contributed by atoms with Gasteiger partial charge in [-0.15, -0.1) is 12.4 Å². The average Bonchev–Trinajstić information content (AvgIpc) is 2.38. The summed E-state index contributed by atoms with van der Waals surface area (Å²) in [5, 5.41) is 0.670. The number of aromatic nitrogens is 3. The third kappa shape index (κ3) is 2.59. The molecule has 5 nitrogen and oxygen atoms in total. The van der Waals surface area contributed by atoms with Crippen molar-refractivity contribution in [2.75, 3.05) is 11.5 Å². The van der Waals surface area contributed by atoms with Crippen molar-refractivity contribution in [2.24, 2.45) is 0 Å². The molecule has 0 aliphatic carbocycles. The van der Waals surface area contributed by atoms with Gasteiger partial charge < -0.3 is 11.5 Å². The summed E-state index contributed by atoms with van der Waals surface area (Å²) in [7, 11) is 0. The van der Waals surface area contributed by atoms with Gasteiger partial charge in [-0.2, -0.15) is 0 Å². The minimum absolute atomic E-state index is 0. The van der Waals surface area contributed by atoms with Crippen molar-refractivity contribution in [3.8, 4) is 11.3 Å². The molecule has 3 aromatic rings. The Balaban J connectivity index is 0.00000147. The summed E-state index contributed by atoms with van der Waals surface area (Å²) in [6, 6.07) is 8.90. The molecule has 0 spiro atoms. The highest BCUT2D eigenvalue weighted by atomic mass is 35.5. The monoisotopic (exact) mass is 307 g/mol. The molecule has 0 saturated carbocycles. The van der Waals surface area contributed by atoms with Crippen LogP contribution in [0.1, 0.15) is 0 Å². The summed E-state index contributed by atoms with van der Waals surface area (Å²) in [5.74, 6) is 0.326. The number of hydrogen-bond donors (Lipinski definition) is 2. The predicted molar refractivity (Wildman–Crippen MR) is 83.9 cm³/mol. The van der Waals surface area contributed by atoms with Crippen molar-refractivity contribution < 1.29 is 0 Å². The predicted octanol–water partition coefficient (Wildman–Crippen LogP) is 2.93. The summed E-state index contributed by atoms with van der Waals surface area (Å²) < 4.78 is 0. The number of hydrogen-bond acceptors (Lipinski definition) is 5. The van der Waals surface area contributed by atoms with Crippen LogP contribution in [-0.4, -0.2) is 15.0 Å². The Morgan fingerprint density at radius 2 is 1.70 bits per heavy atom. The number of fused-ring (bicyclic) bond motifs is 1. The van der Waals surface area contributed by atoms with E-state index in [2.05, 4.69) is 15.0 Å². The van der Waals surface area contributed by atoms with Crippen LogP contribution in [0, 0.1) is 0 Å². The first-order chi connectivity index (χ1) is 9.13. The van der Waals surface area contributed by atoms with E-state index in [0.29, 0.717) is 33.4 Å². The van der Waals surface area contributed by atoms with E-state index in [1.165, 1.54) is 0 Å². The van der Waals surface area contributed by atoms with Crippen molar-refractivity contribution in [3.63, 3.8) is 0 Å². The Bertz CT molecular complexity index is 759. The summed E-state index contributed by atoms with van der Waals surface area (Å²) in [5.41, 5.74) is 14.5. The molecule has 0 unspecified atom stereocenters. The van der Waals surface area contributed by atoms with E-state index in [9.17, 15) is 0 Å². The van der Waals surface area contributed by atoms with Gasteiger partial charge in [0.2, 0.25) is 0 Å². The highest BCUT2D eigenvalue weighted by Gasteiger charge is 2.07. The molecule has 20 heavy (non-hydrogen) atoms. The fraction of sp³-hybridized carbons (Fsp3) is 0. The maximum absolute atomic E-state index is 5.85. The Labute approximate surface area is 126 Å². The molecule has 1 aromatic carbocycles. The minimum atomic E-state index is 0. The van der Waals surface area contributed by atoms with E-state index >= 15 is 0 Å². The third-order valence-corrected chi connectivity index (χ3v) is 2.96. The SMILES string of the molecule is Cl.Nc1cc(N)c2ncc(-c3ccc(Cl)cc3)nc2n1. The standard InChI is InChI=1S/C13H10ClN5.ClH/c14-8-3-1-7(2-4-8)10-6-17-12-9(15)5-11(16)19-13(12)18-10;/h1-6H,(H4,15,16,18,19);1H. The van der Waals surface area contributed by atoms with Crippen LogP contribution in [0.5, 0.6) is 0 Å². The molecule has 3 rings (SSSR count). The second kappa shape index (κ2) is 5.48. The van der Waals surface area contributed by atoms with Crippen LogP contribution in [0.4, 0.5) is 11.5 Å². The molecule has 0 aliphatic heterocycles. The van der Waals surface area contributed by atoms with E-state index in [4.69, 9.17) is 23.1 Å². The number of nitrogens with zero attached hydrogens (tertiary/aromatic N) is 3. The molecule has 7 heteroatoms. The quantitative estimate of drug-likeness (QED) is 0.721. The normalized spacial score (nSPS) is 10.2. The van der Waals surface area contributed by atoms with Gasteiger partial charge in [0.15, 0.2) is 5.65 Å². The van der Waals surface area contributed by atoms with Crippen molar-refractivity contribution in [2.45, 2.75) is 0 Å². The molecule has 0 atom stereocenters. The van der Waals surface area contributed by atoms with Crippen LogP contribution in [0.3, 0.4) is 0 Å². The lowest BCUT2D eigenvalue weighted by Crippen LogP contribution is -1.99. The van der Waals surface area contributed by atoms with Gasteiger partial charge in [-0.05, 0) is 12.1 Å². The molecular weight excluding hydrogens is 297 g/mol. The summed E-state index contributed by atoms with van der Waals surface area (Å²) in [6.07, 6.45) is 1.65. The fourth-order valence-electron chi connectivity index (χ4n) is 1.80. The van der Waals surface area contributed by atoms with E-state index < -0.39 is 0 Å². The van der Waals surface area contributed by atoms with Crippen LogP contribution >= 0.6 is 24.0 Å². The van der Waals surface area contributed by atoms with Crippen molar-refractivity contribution in [3.05, 3.63) is 41.6 Å². The fourth-order valence-corrected chi connectivity index (χ4v) is 1.93. The molecule has 2 aromatic heterocycles. The number of nitrogen functional groups attached to an aromatic ring is 2. The van der Waals surface area contributed by atoms with Gasteiger partial charge in [0.25, 0.3) is 0 Å². The Kier molecular flexibility index (Phi) is 3.92. The molecule has 0 amide bonds. The second-order valence-electron chi connectivity index (χ2n) is 4.07. The molecule has 0 radical (unpaired) electrons. The minimum Gasteiger partial charge on any atom is -0.397 e. The molecule has 2 heterocycles. The lowest BCUT2D eigenvalue weighted by molar-refractivity contribution is 1.23. The zero-order chi connectivity index (χ0) is 13.4. The van der Waals surface area contributed by atoms with Crippen LogP contribution in [0.15, 0.2) is 36.5 Å². The molecular formula is C13H11Cl2N5. The molecule has 0 fully saturated rings. The first-order valence-electron chi connectivity index (χ1n) is 5.58. The van der Waals surface area contributed by atoms with E-state index in [-0.39, 0.29) is 12.4 Å². The smallest absolute Gasteiger partial charge is 0.182 e. The van der Waals surface area contributed by atoms with Crippen LogP contribution in [0.2, 0.25) is 5.02 Å². The number of benzene rings is 1. The van der Waals surface area contributed by atoms with Crippen molar-refractivity contribution in [1.82, 2.24) is 15.0 Å². The number of pyridine rings is 1. The second-order valence-corrected chi connectivity index (χ2v) is 4.51. The lowest BCUT2D eigenvalue weighted by Gasteiger charge is -2.05. The van der Waals surface area contributed by atoms with Gasteiger partial charge in [-0.1, -0.05) is 23.7 Å². The zero-order valence-corrected chi connectivity index (χ0v) is 11.8. The van der Waals surface area contributed by atoms with Gasteiger partial charge in [-0.3, -0.25) is 0 Å². The largest absolute Gasteiger partial charge is 0.397 e. The van der Waals surface area contributed by atoms with Gasteiger partial charge in [-0.25, -0.2) is 15.0 Å². The van der Waals surface area contributed by atoms with Crippen molar-refractivity contribution in [1.29, 1.82) is 0 Å². The Morgan fingerprint density at radius 3 is 2.40 bits per heavy atom. The van der Waals surface area contributed by atoms with E-state index in [0.717, 1.165) is 5.56 Å². The van der Waals surface area contributed by atoms with Crippen LogP contribution in [0.25, 0.3) is 22.4 Å². The van der Waals surface area contributed by atoms with Gasteiger partial charge in [0, 0.05) is 16.7 Å². The molecule has 4 N–H and O–H groups in total. The van der Waals surface area contributed by atoms with E-state index in [1.807, 2.05) is 12.1 Å². The Morgan fingerprint density at radius 1 is 1.00 bits per heavy atom.